The highest BCUT2D eigenvalue weighted by molar-refractivity contribution is 6.31. The minimum atomic E-state index is 0.105. The van der Waals surface area contributed by atoms with Gasteiger partial charge in [0.2, 0.25) is 0 Å². The molecule has 0 aliphatic rings. The number of rotatable bonds is 6. The number of nitrogens with two attached hydrogens (primary N) is 1. The van der Waals surface area contributed by atoms with Crippen molar-refractivity contribution in [1.29, 1.82) is 0 Å². The molecule has 1 unspecified atom stereocenters. The Morgan fingerprint density at radius 1 is 1.35 bits per heavy atom. The highest BCUT2D eigenvalue weighted by Crippen LogP contribution is 2.34. The zero-order chi connectivity index (χ0) is 12.8. The molecule has 1 atom stereocenters. The molecular weight excluding hydrogens is 236 g/mol. The molecular formula is C13H21ClN2O. The van der Waals surface area contributed by atoms with Gasteiger partial charge in [0, 0.05) is 17.1 Å². The molecule has 4 heteroatoms. The standard InChI is InChI=1S/C13H21ClN2O/c1-4-16(5-2)11(9-15)13-10(14)7-6-8-12(13)17-3/h6-8,11H,4-5,9,15H2,1-3H3. The molecule has 0 saturated heterocycles. The zero-order valence-corrected chi connectivity index (χ0v) is 11.5. The maximum absolute atomic E-state index is 6.28. The van der Waals surface area contributed by atoms with E-state index < -0.39 is 0 Å². The minimum absolute atomic E-state index is 0.105. The van der Waals surface area contributed by atoms with Gasteiger partial charge in [-0.25, -0.2) is 0 Å². The van der Waals surface area contributed by atoms with Crippen LogP contribution in [-0.2, 0) is 0 Å². The summed E-state index contributed by atoms with van der Waals surface area (Å²) in [5, 5.41) is 0.715. The maximum Gasteiger partial charge on any atom is 0.125 e. The number of nitrogens with zero attached hydrogens (tertiary/aromatic N) is 1. The summed E-state index contributed by atoms with van der Waals surface area (Å²) in [6.07, 6.45) is 0. The lowest BCUT2D eigenvalue weighted by atomic mass is 10.0. The number of ether oxygens (including phenoxy) is 1. The molecule has 2 N–H and O–H groups in total. The van der Waals surface area contributed by atoms with E-state index >= 15 is 0 Å². The van der Waals surface area contributed by atoms with Crippen molar-refractivity contribution in [2.24, 2.45) is 5.73 Å². The molecule has 0 heterocycles. The first-order valence-electron chi connectivity index (χ1n) is 5.96. The van der Waals surface area contributed by atoms with E-state index in [9.17, 15) is 0 Å². The molecule has 1 aromatic carbocycles. The number of hydrogen-bond donors (Lipinski definition) is 1. The van der Waals surface area contributed by atoms with Crippen LogP contribution in [-0.4, -0.2) is 31.6 Å². The molecule has 3 nitrogen and oxygen atoms in total. The molecule has 0 fully saturated rings. The topological polar surface area (TPSA) is 38.5 Å². The minimum Gasteiger partial charge on any atom is -0.496 e. The molecule has 0 aromatic heterocycles. The van der Waals surface area contributed by atoms with Crippen LogP contribution in [0.25, 0.3) is 0 Å². The van der Waals surface area contributed by atoms with Gasteiger partial charge in [-0.15, -0.1) is 0 Å². The van der Waals surface area contributed by atoms with Gasteiger partial charge < -0.3 is 10.5 Å². The number of halogens is 1. The van der Waals surface area contributed by atoms with Gasteiger partial charge in [0.25, 0.3) is 0 Å². The van der Waals surface area contributed by atoms with Gasteiger partial charge in [0.15, 0.2) is 0 Å². The third-order valence-electron chi connectivity index (χ3n) is 3.04. The fourth-order valence-corrected chi connectivity index (χ4v) is 2.42. The Balaban J connectivity index is 3.18. The Bertz CT molecular complexity index is 353. The Morgan fingerprint density at radius 2 is 2.00 bits per heavy atom. The van der Waals surface area contributed by atoms with Gasteiger partial charge >= 0.3 is 0 Å². The Morgan fingerprint density at radius 3 is 2.47 bits per heavy atom. The predicted octanol–water partition coefficient (Wildman–Crippen LogP) is 2.69. The first-order valence-corrected chi connectivity index (χ1v) is 6.33. The molecule has 0 bridgehead atoms. The van der Waals surface area contributed by atoms with Crippen LogP contribution in [0.2, 0.25) is 5.02 Å². The molecule has 17 heavy (non-hydrogen) atoms. The number of hydrogen-bond acceptors (Lipinski definition) is 3. The molecule has 0 aliphatic carbocycles. The lowest BCUT2D eigenvalue weighted by molar-refractivity contribution is 0.219. The summed E-state index contributed by atoms with van der Waals surface area (Å²) in [6.45, 7) is 6.65. The van der Waals surface area contributed by atoms with E-state index in [4.69, 9.17) is 22.1 Å². The van der Waals surface area contributed by atoms with Gasteiger partial charge in [0.05, 0.1) is 13.2 Å². The Labute approximate surface area is 109 Å². The van der Waals surface area contributed by atoms with Crippen LogP contribution in [0.5, 0.6) is 5.75 Å². The molecule has 0 aliphatic heterocycles. The van der Waals surface area contributed by atoms with Crippen molar-refractivity contribution >= 4 is 11.6 Å². The molecule has 0 spiro atoms. The fourth-order valence-electron chi connectivity index (χ4n) is 2.13. The van der Waals surface area contributed by atoms with E-state index in [1.807, 2.05) is 18.2 Å². The van der Waals surface area contributed by atoms with Crippen molar-refractivity contribution in [3.05, 3.63) is 28.8 Å². The van der Waals surface area contributed by atoms with Gasteiger partial charge in [-0.05, 0) is 25.2 Å². The first-order chi connectivity index (χ1) is 8.19. The van der Waals surface area contributed by atoms with E-state index in [0.717, 1.165) is 24.4 Å². The lowest BCUT2D eigenvalue weighted by Crippen LogP contribution is -2.34. The van der Waals surface area contributed by atoms with Gasteiger partial charge in [0.1, 0.15) is 5.75 Å². The quantitative estimate of drug-likeness (QED) is 0.851. The van der Waals surface area contributed by atoms with Crippen molar-refractivity contribution in [2.45, 2.75) is 19.9 Å². The molecule has 0 radical (unpaired) electrons. The van der Waals surface area contributed by atoms with Crippen LogP contribution < -0.4 is 10.5 Å². The van der Waals surface area contributed by atoms with E-state index in [1.54, 1.807) is 7.11 Å². The van der Waals surface area contributed by atoms with Crippen molar-refractivity contribution in [1.82, 2.24) is 4.90 Å². The highest BCUT2D eigenvalue weighted by atomic mass is 35.5. The molecule has 0 saturated carbocycles. The third-order valence-corrected chi connectivity index (χ3v) is 3.37. The summed E-state index contributed by atoms with van der Waals surface area (Å²) in [7, 11) is 1.66. The molecule has 96 valence electrons. The lowest BCUT2D eigenvalue weighted by Gasteiger charge is -2.30. The summed E-state index contributed by atoms with van der Waals surface area (Å²) in [5.74, 6) is 0.805. The van der Waals surface area contributed by atoms with Crippen molar-refractivity contribution in [2.75, 3.05) is 26.7 Å². The molecule has 1 aromatic rings. The summed E-state index contributed by atoms with van der Waals surface area (Å²) in [6, 6.07) is 5.80. The van der Waals surface area contributed by atoms with E-state index in [-0.39, 0.29) is 6.04 Å². The van der Waals surface area contributed by atoms with Crippen LogP contribution in [0, 0.1) is 0 Å². The van der Waals surface area contributed by atoms with E-state index in [2.05, 4.69) is 18.7 Å². The monoisotopic (exact) mass is 256 g/mol. The van der Waals surface area contributed by atoms with E-state index in [0.29, 0.717) is 11.6 Å². The van der Waals surface area contributed by atoms with E-state index in [1.165, 1.54) is 0 Å². The Kier molecular flexibility index (Phi) is 5.75. The number of likely N-dealkylation sites (N-methyl/N-ethyl adjacent to an activating group) is 1. The fraction of sp³-hybridized carbons (Fsp3) is 0.538. The second-order valence-electron chi connectivity index (χ2n) is 3.83. The van der Waals surface area contributed by atoms with Crippen LogP contribution in [0.4, 0.5) is 0 Å². The van der Waals surface area contributed by atoms with Crippen LogP contribution in [0.1, 0.15) is 25.5 Å². The molecule has 1 rings (SSSR count). The number of methoxy groups -OCH3 is 1. The summed E-state index contributed by atoms with van der Waals surface area (Å²) >= 11 is 6.28. The predicted molar refractivity (Wildman–Crippen MR) is 72.7 cm³/mol. The normalized spacial score (nSPS) is 12.8. The van der Waals surface area contributed by atoms with Crippen molar-refractivity contribution in [3.63, 3.8) is 0 Å². The SMILES string of the molecule is CCN(CC)C(CN)c1c(Cl)cccc1OC. The molecule has 0 amide bonds. The maximum atomic E-state index is 6.28. The van der Waals surface area contributed by atoms with Crippen molar-refractivity contribution < 1.29 is 4.74 Å². The smallest absolute Gasteiger partial charge is 0.125 e. The second-order valence-corrected chi connectivity index (χ2v) is 4.24. The first kappa shape index (κ1) is 14.3. The summed E-state index contributed by atoms with van der Waals surface area (Å²) in [5.41, 5.74) is 6.88. The largest absolute Gasteiger partial charge is 0.496 e. The summed E-state index contributed by atoms with van der Waals surface area (Å²) in [4.78, 5) is 2.28. The third kappa shape index (κ3) is 3.12. The average Bonchev–Trinajstić information content (AvgIpc) is 2.36. The number of benzene rings is 1. The van der Waals surface area contributed by atoms with Crippen LogP contribution in [0.3, 0.4) is 0 Å². The zero-order valence-electron chi connectivity index (χ0n) is 10.7. The van der Waals surface area contributed by atoms with Crippen molar-refractivity contribution in [3.8, 4) is 5.75 Å². The van der Waals surface area contributed by atoms with Gasteiger partial charge in [-0.1, -0.05) is 31.5 Å². The summed E-state index contributed by atoms with van der Waals surface area (Å²) < 4.78 is 5.38. The highest BCUT2D eigenvalue weighted by Gasteiger charge is 2.22. The Hall–Kier alpha value is -0.770. The van der Waals surface area contributed by atoms with Crippen LogP contribution >= 0.6 is 11.6 Å². The van der Waals surface area contributed by atoms with Gasteiger partial charge in [-0.2, -0.15) is 0 Å². The average molecular weight is 257 g/mol. The second kappa shape index (κ2) is 6.84. The van der Waals surface area contributed by atoms with Gasteiger partial charge in [-0.3, -0.25) is 4.90 Å². The van der Waals surface area contributed by atoms with Crippen LogP contribution in [0.15, 0.2) is 18.2 Å².